The third kappa shape index (κ3) is 1.61. The molecule has 0 aliphatic rings. The van der Waals surface area contributed by atoms with Crippen molar-refractivity contribution in [3.05, 3.63) is 17.9 Å². The molecule has 2 N–H and O–H groups in total. The van der Waals surface area contributed by atoms with Gasteiger partial charge in [0.05, 0.1) is 6.33 Å². The molecule has 0 amide bonds. The number of H-pyrrole nitrogens is 2. The largest absolute Gasteiger partial charge is 0.341 e. The van der Waals surface area contributed by atoms with E-state index in [9.17, 15) is 0 Å². The summed E-state index contributed by atoms with van der Waals surface area (Å²) >= 11 is 7.09. The second-order valence-electron chi connectivity index (χ2n) is 2.79. The lowest BCUT2D eigenvalue weighted by Crippen LogP contribution is -1.89. The molecule has 0 saturated carbocycles. The fourth-order valence-electron chi connectivity index (χ4n) is 1.19. The first-order valence-electron chi connectivity index (χ1n) is 4.23. The fourth-order valence-corrected chi connectivity index (χ4v) is 2.17. The summed E-state index contributed by atoms with van der Waals surface area (Å²) in [6.45, 7) is 0. The second kappa shape index (κ2) is 3.72. The minimum absolute atomic E-state index is 0.154. The summed E-state index contributed by atoms with van der Waals surface area (Å²) in [6.07, 6.45) is 2.97. The van der Waals surface area contributed by atoms with E-state index in [1.807, 2.05) is 0 Å². The molecule has 3 aromatic rings. The summed E-state index contributed by atoms with van der Waals surface area (Å²) in [5.74, 6) is 0. The topological polar surface area (TPSA) is 96.0 Å². The monoisotopic (exact) mass is 253 g/mol. The molecule has 0 radical (unpaired) electrons. The van der Waals surface area contributed by atoms with E-state index in [-0.39, 0.29) is 5.28 Å². The van der Waals surface area contributed by atoms with Crippen molar-refractivity contribution in [2.75, 3.05) is 0 Å². The molecular formula is C7H4ClN7S. The molecule has 80 valence electrons. The van der Waals surface area contributed by atoms with Crippen LogP contribution in [0, 0.1) is 0 Å². The van der Waals surface area contributed by atoms with E-state index < -0.39 is 0 Å². The van der Waals surface area contributed by atoms with E-state index in [0.29, 0.717) is 15.8 Å². The van der Waals surface area contributed by atoms with E-state index in [0.717, 1.165) is 5.52 Å². The lowest BCUT2D eigenvalue weighted by molar-refractivity contribution is 0.966. The number of nitrogens with one attached hydrogen (secondary N) is 2. The summed E-state index contributed by atoms with van der Waals surface area (Å²) in [5, 5.41) is 7.92. The van der Waals surface area contributed by atoms with Gasteiger partial charge < -0.3 is 4.98 Å². The fraction of sp³-hybridized carbons (Fsp3) is 0. The average Bonchev–Trinajstić information content (AvgIpc) is 2.87. The van der Waals surface area contributed by atoms with Crippen molar-refractivity contribution in [1.29, 1.82) is 0 Å². The Bertz CT molecular complexity index is 619. The maximum Gasteiger partial charge on any atom is 0.225 e. The van der Waals surface area contributed by atoms with Crippen LogP contribution < -0.4 is 0 Å². The van der Waals surface area contributed by atoms with Crippen LogP contribution in [0.3, 0.4) is 0 Å². The number of imidazole rings is 1. The number of fused-ring (bicyclic) bond motifs is 1. The molecule has 0 bridgehead atoms. The highest BCUT2D eigenvalue weighted by atomic mass is 35.5. The third-order valence-corrected chi connectivity index (χ3v) is 2.86. The minimum atomic E-state index is 0.154. The number of halogens is 1. The van der Waals surface area contributed by atoms with Gasteiger partial charge in [-0.15, -0.1) is 0 Å². The van der Waals surface area contributed by atoms with Crippen LogP contribution in [0.2, 0.25) is 5.28 Å². The smallest absolute Gasteiger partial charge is 0.225 e. The van der Waals surface area contributed by atoms with Crippen LogP contribution in [-0.2, 0) is 0 Å². The van der Waals surface area contributed by atoms with Gasteiger partial charge in [-0.1, -0.05) is 0 Å². The van der Waals surface area contributed by atoms with Gasteiger partial charge in [0.2, 0.25) is 5.28 Å². The molecule has 16 heavy (non-hydrogen) atoms. The standard InChI is InChI=1S/C7H4ClN7S/c8-6-13-4-3(9-1-10-4)5(14-6)16-7-11-2-12-15-7/h1-2H,(H,11,12,15)(H,9,10,13,14). The molecule has 0 unspecified atom stereocenters. The molecule has 3 aromatic heterocycles. The Hall–Kier alpha value is -1.67. The Kier molecular flexibility index (Phi) is 2.22. The second-order valence-corrected chi connectivity index (χ2v) is 4.11. The molecule has 9 heteroatoms. The van der Waals surface area contributed by atoms with Gasteiger partial charge in [0.25, 0.3) is 0 Å². The van der Waals surface area contributed by atoms with Gasteiger partial charge in [-0.3, -0.25) is 5.10 Å². The predicted octanol–water partition coefficient (Wildman–Crippen LogP) is 1.28. The summed E-state index contributed by atoms with van der Waals surface area (Å²) in [6, 6.07) is 0. The predicted molar refractivity (Wildman–Crippen MR) is 57.2 cm³/mol. The zero-order valence-corrected chi connectivity index (χ0v) is 9.25. The molecular weight excluding hydrogens is 250 g/mol. The average molecular weight is 254 g/mol. The molecule has 0 spiro atoms. The van der Waals surface area contributed by atoms with E-state index in [1.165, 1.54) is 18.1 Å². The molecule has 3 rings (SSSR count). The van der Waals surface area contributed by atoms with Crippen LogP contribution >= 0.6 is 23.4 Å². The summed E-state index contributed by atoms with van der Waals surface area (Å²) in [4.78, 5) is 19.0. The molecule has 0 aliphatic heterocycles. The van der Waals surface area contributed by atoms with Gasteiger partial charge in [-0.25, -0.2) is 15.0 Å². The van der Waals surface area contributed by atoms with Crippen LogP contribution in [0.25, 0.3) is 11.2 Å². The van der Waals surface area contributed by atoms with E-state index in [2.05, 4.69) is 35.1 Å². The van der Waals surface area contributed by atoms with Gasteiger partial charge >= 0.3 is 0 Å². The van der Waals surface area contributed by atoms with Gasteiger partial charge in [0, 0.05) is 0 Å². The van der Waals surface area contributed by atoms with Crippen molar-refractivity contribution in [3.8, 4) is 0 Å². The lowest BCUT2D eigenvalue weighted by atomic mass is 10.6. The van der Waals surface area contributed by atoms with Gasteiger partial charge in [0.1, 0.15) is 16.9 Å². The highest BCUT2D eigenvalue weighted by Crippen LogP contribution is 2.27. The summed E-state index contributed by atoms with van der Waals surface area (Å²) in [5.41, 5.74) is 1.26. The van der Waals surface area contributed by atoms with E-state index in [1.54, 1.807) is 6.33 Å². The van der Waals surface area contributed by atoms with Crippen LogP contribution in [-0.4, -0.2) is 35.1 Å². The van der Waals surface area contributed by atoms with E-state index >= 15 is 0 Å². The SMILES string of the molecule is Clc1nc(Sc2ncn[nH]2)c2[nH]cnc2n1. The Balaban J connectivity index is 2.11. The first-order valence-corrected chi connectivity index (χ1v) is 5.42. The summed E-state index contributed by atoms with van der Waals surface area (Å²) < 4.78 is 0. The third-order valence-electron chi connectivity index (χ3n) is 1.81. The van der Waals surface area contributed by atoms with Crippen LogP contribution in [0.4, 0.5) is 0 Å². The Labute approximate surface area is 98.1 Å². The van der Waals surface area contributed by atoms with Gasteiger partial charge in [0.15, 0.2) is 10.8 Å². The molecule has 0 aliphatic carbocycles. The molecule has 0 aromatic carbocycles. The van der Waals surface area contributed by atoms with Crippen LogP contribution in [0.1, 0.15) is 0 Å². The minimum Gasteiger partial charge on any atom is -0.341 e. The molecule has 0 fully saturated rings. The maximum absolute atomic E-state index is 5.79. The quantitative estimate of drug-likeness (QED) is 0.527. The van der Waals surface area contributed by atoms with Crippen molar-refractivity contribution < 1.29 is 0 Å². The first-order chi connectivity index (χ1) is 7.83. The number of hydrogen-bond acceptors (Lipinski definition) is 6. The van der Waals surface area contributed by atoms with Gasteiger partial charge in [-0.05, 0) is 23.4 Å². The number of aromatic nitrogens is 7. The highest BCUT2D eigenvalue weighted by molar-refractivity contribution is 7.99. The van der Waals surface area contributed by atoms with Crippen molar-refractivity contribution in [1.82, 2.24) is 35.1 Å². The first kappa shape index (κ1) is 9.55. The molecule has 7 nitrogen and oxygen atoms in total. The number of hydrogen-bond donors (Lipinski definition) is 2. The Morgan fingerprint density at radius 1 is 1.25 bits per heavy atom. The maximum atomic E-state index is 5.79. The number of aromatic amines is 2. The van der Waals surface area contributed by atoms with Crippen LogP contribution in [0.5, 0.6) is 0 Å². The van der Waals surface area contributed by atoms with E-state index in [4.69, 9.17) is 11.6 Å². The highest BCUT2D eigenvalue weighted by Gasteiger charge is 2.11. The molecule has 0 saturated heterocycles. The van der Waals surface area contributed by atoms with Crippen molar-refractivity contribution in [3.63, 3.8) is 0 Å². The molecule has 3 heterocycles. The van der Waals surface area contributed by atoms with Crippen molar-refractivity contribution >= 4 is 34.5 Å². The zero-order valence-electron chi connectivity index (χ0n) is 7.68. The molecule has 0 atom stereocenters. The van der Waals surface area contributed by atoms with Gasteiger partial charge in [-0.2, -0.15) is 10.1 Å². The Morgan fingerprint density at radius 3 is 3.00 bits per heavy atom. The zero-order chi connectivity index (χ0) is 11.0. The van der Waals surface area contributed by atoms with Crippen LogP contribution in [0.15, 0.2) is 22.8 Å². The Morgan fingerprint density at radius 2 is 2.19 bits per heavy atom. The number of rotatable bonds is 2. The normalized spacial score (nSPS) is 11.1. The van der Waals surface area contributed by atoms with Crippen molar-refractivity contribution in [2.45, 2.75) is 10.2 Å². The lowest BCUT2D eigenvalue weighted by Gasteiger charge is -1.98. The number of nitrogens with zero attached hydrogens (tertiary/aromatic N) is 5. The van der Waals surface area contributed by atoms with Crippen molar-refractivity contribution in [2.24, 2.45) is 0 Å². The summed E-state index contributed by atoms with van der Waals surface area (Å²) in [7, 11) is 0.